The van der Waals surface area contributed by atoms with Gasteiger partial charge in [0.1, 0.15) is 11.9 Å². The van der Waals surface area contributed by atoms with Crippen LogP contribution in [0, 0.1) is 68.9 Å². The molecule has 0 aliphatic carbocycles. The van der Waals surface area contributed by atoms with E-state index in [0.29, 0.717) is 10.0 Å². The topological polar surface area (TPSA) is 114 Å². The largest absolute Gasteiger partial charge is 0.443 e. The number of fused-ring (bicyclic) bond motifs is 2. The lowest BCUT2D eigenvalue weighted by atomic mass is 9.53. The predicted octanol–water partition coefficient (Wildman–Crippen LogP) is 5.01. The van der Waals surface area contributed by atoms with Gasteiger partial charge in [0.25, 0.3) is 0 Å². The Morgan fingerprint density at radius 3 is 2.26 bits per heavy atom. The second kappa shape index (κ2) is 6.89. The average Bonchev–Trinajstić information content (AvgIpc) is 2.91. The third-order valence-electron chi connectivity index (χ3n) is 6.37. The molecule has 2 fully saturated rings. The number of aryl methyl sites for hydroxylation is 1. The van der Waals surface area contributed by atoms with E-state index >= 15 is 4.39 Å². The number of hydrogen-bond acceptors (Lipinski definition) is 6. The lowest BCUT2D eigenvalue weighted by molar-refractivity contribution is -0.289. The second-order valence-electron chi connectivity index (χ2n) is 7.80. The number of halogens is 2. The Balaban J connectivity index is 2.06. The molecule has 8 heteroatoms. The Labute approximate surface area is 187 Å². The first-order valence-electron chi connectivity index (χ1n) is 9.44. The van der Waals surface area contributed by atoms with Gasteiger partial charge in [0.15, 0.2) is 5.41 Å². The Morgan fingerprint density at radius 1 is 1.06 bits per heavy atom. The summed E-state index contributed by atoms with van der Waals surface area (Å²) in [7, 11) is 0. The molecule has 0 spiro atoms. The molecule has 0 aromatic heterocycles. The fraction of sp³-hybridized carbons (Fsp3) is 0.304. The van der Waals surface area contributed by atoms with Crippen LogP contribution >= 0.6 is 15.9 Å². The summed E-state index contributed by atoms with van der Waals surface area (Å²) >= 11 is 3.19. The van der Waals surface area contributed by atoms with Crippen LogP contribution in [-0.2, 0) is 15.3 Å². The zero-order chi connectivity index (χ0) is 22.6. The third-order valence-corrected chi connectivity index (χ3v) is 6.86. The summed E-state index contributed by atoms with van der Waals surface area (Å²) in [6.07, 6.45) is -1.48. The molecule has 2 bridgehead atoms. The van der Waals surface area contributed by atoms with E-state index in [2.05, 4.69) is 15.9 Å². The van der Waals surface area contributed by atoms with Gasteiger partial charge >= 0.3 is 0 Å². The Kier molecular flexibility index (Phi) is 4.67. The van der Waals surface area contributed by atoms with E-state index in [0.717, 1.165) is 5.56 Å². The predicted molar refractivity (Wildman–Crippen MR) is 110 cm³/mol. The van der Waals surface area contributed by atoms with Crippen LogP contribution in [0.15, 0.2) is 46.9 Å². The molecule has 2 heterocycles. The van der Waals surface area contributed by atoms with E-state index < -0.39 is 40.4 Å². The van der Waals surface area contributed by atoms with Gasteiger partial charge in [-0.2, -0.15) is 15.8 Å². The molecule has 0 saturated carbocycles. The summed E-state index contributed by atoms with van der Waals surface area (Å²) in [6.45, 7) is 3.52. The van der Waals surface area contributed by atoms with Crippen LogP contribution in [0.2, 0.25) is 0 Å². The zero-order valence-corrected chi connectivity index (χ0v) is 18.2. The summed E-state index contributed by atoms with van der Waals surface area (Å²) in [5.74, 6) is -3.77. The molecule has 154 valence electrons. The van der Waals surface area contributed by atoms with Gasteiger partial charge in [-0.05, 0) is 19.1 Å². The van der Waals surface area contributed by atoms with Crippen LogP contribution in [0.1, 0.15) is 29.7 Å². The highest BCUT2D eigenvalue weighted by atomic mass is 79.9. The summed E-state index contributed by atoms with van der Waals surface area (Å²) in [5.41, 5.74) is -2.75. The van der Waals surface area contributed by atoms with E-state index in [1.54, 1.807) is 25.1 Å². The lowest BCUT2D eigenvalue weighted by Crippen LogP contribution is -2.57. The summed E-state index contributed by atoms with van der Waals surface area (Å²) < 4.78 is 27.7. The van der Waals surface area contributed by atoms with E-state index in [1.807, 2.05) is 37.3 Å². The highest BCUT2D eigenvalue weighted by molar-refractivity contribution is 9.10. The van der Waals surface area contributed by atoms with Crippen molar-refractivity contribution in [2.75, 3.05) is 0 Å². The van der Waals surface area contributed by atoms with E-state index in [-0.39, 0.29) is 5.56 Å². The van der Waals surface area contributed by atoms with Crippen LogP contribution in [0.25, 0.3) is 0 Å². The van der Waals surface area contributed by atoms with Crippen LogP contribution in [0.3, 0.4) is 0 Å². The van der Waals surface area contributed by atoms with Crippen molar-refractivity contribution in [1.82, 2.24) is 0 Å². The normalized spacial score (nSPS) is 30.5. The first-order valence-corrected chi connectivity index (χ1v) is 10.2. The zero-order valence-electron chi connectivity index (χ0n) is 16.6. The number of nitrogens with zero attached hydrogens (tertiary/aromatic N) is 3. The Hall–Kier alpha value is -3.25. The van der Waals surface area contributed by atoms with Gasteiger partial charge in [-0.1, -0.05) is 58.7 Å². The van der Waals surface area contributed by atoms with Gasteiger partial charge in [-0.3, -0.25) is 5.41 Å². The number of nitriles is 3. The summed E-state index contributed by atoms with van der Waals surface area (Å²) in [5, 5.41) is 39.2. The first-order chi connectivity index (χ1) is 14.7. The molecular formula is C23H16BrFN4O2. The average molecular weight is 479 g/mol. The first kappa shape index (κ1) is 21.0. The minimum Gasteiger partial charge on any atom is -0.443 e. The van der Waals surface area contributed by atoms with Gasteiger partial charge in [0.2, 0.25) is 17.1 Å². The number of rotatable bonds is 2. The van der Waals surface area contributed by atoms with Crippen molar-refractivity contribution in [3.8, 4) is 18.2 Å². The monoisotopic (exact) mass is 478 g/mol. The minimum atomic E-state index is -2.21. The lowest BCUT2D eigenvalue weighted by Gasteiger charge is -2.48. The van der Waals surface area contributed by atoms with E-state index in [1.165, 1.54) is 12.1 Å². The maximum Gasteiger partial charge on any atom is 0.244 e. The summed E-state index contributed by atoms with van der Waals surface area (Å²) in [4.78, 5) is 0. The van der Waals surface area contributed by atoms with Gasteiger partial charge in [-0.15, -0.1) is 0 Å². The fourth-order valence-electron chi connectivity index (χ4n) is 4.65. The minimum absolute atomic E-state index is 0.0624. The molecule has 4 rings (SSSR count). The van der Waals surface area contributed by atoms with Crippen LogP contribution in [-0.4, -0.2) is 5.90 Å². The highest BCUT2D eigenvalue weighted by Crippen LogP contribution is 2.69. The Morgan fingerprint density at radius 2 is 1.71 bits per heavy atom. The van der Waals surface area contributed by atoms with E-state index in [4.69, 9.17) is 14.9 Å². The number of benzene rings is 2. The quantitative estimate of drug-likeness (QED) is 0.651. The van der Waals surface area contributed by atoms with Crippen molar-refractivity contribution in [2.45, 2.75) is 25.7 Å². The maximum atomic E-state index is 15.0. The molecule has 2 aromatic carbocycles. The number of hydrogen-bond donors (Lipinski definition) is 1. The molecule has 31 heavy (non-hydrogen) atoms. The summed E-state index contributed by atoms with van der Waals surface area (Å²) in [6, 6.07) is 17.1. The number of nitrogens with one attached hydrogen (secondary N) is 1. The van der Waals surface area contributed by atoms with Gasteiger partial charge in [0, 0.05) is 15.6 Å². The molecular weight excluding hydrogens is 463 g/mol. The van der Waals surface area contributed by atoms with Crippen LogP contribution < -0.4 is 0 Å². The van der Waals surface area contributed by atoms with Gasteiger partial charge in [0.05, 0.1) is 24.1 Å². The third kappa shape index (κ3) is 2.45. The molecule has 4 atom stereocenters. The highest BCUT2D eigenvalue weighted by Gasteiger charge is 2.79. The molecule has 2 aromatic rings. The fourth-order valence-corrected chi connectivity index (χ4v) is 4.98. The van der Waals surface area contributed by atoms with Gasteiger partial charge < -0.3 is 9.47 Å². The van der Waals surface area contributed by atoms with Crippen molar-refractivity contribution in [1.29, 1.82) is 21.2 Å². The molecule has 2 aliphatic heterocycles. The maximum absolute atomic E-state index is 15.0. The molecule has 6 nitrogen and oxygen atoms in total. The van der Waals surface area contributed by atoms with Crippen LogP contribution in [0.5, 0.6) is 0 Å². The number of ether oxygens (including phenoxy) is 2. The van der Waals surface area contributed by atoms with Crippen molar-refractivity contribution < 1.29 is 13.9 Å². The second-order valence-corrected chi connectivity index (χ2v) is 8.72. The van der Waals surface area contributed by atoms with Crippen LogP contribution in [0.4, 0.5) is 4.39 Å². The van der Waals surface area contributed by atoms with Crippen molar-refractivity contribution >= 4 is 21.8 Å². The molecule has 1 N–H and O–H groups in total. The van der Waals surface area contributed by atoms with E-state index in [9.17, 15) is 15.8 Å². The van der Waals surface area contributed by atoms with Gasteiger partial charge in [-0.25, -0.2) is 4.39 Å². The molecule has 2 aliphatic rings. The molecule has 0 amide bonds. The Bertz CT molecular complexity index is 1210. The van der Waals surface area contributed by atoms with Crippen molar-refractivity contribution in [2.24, 2.45) is 16.7 Å². The molecule has 4 unspecified atom stereocenters. The van der Waals surface area contributed by atoms with Crippen molar-refractivity contribution in [3.63, 3.8) is 0 Å². The SMILES string of the molecule is Cc1ccc(C23OC(=N)C(C#N)(C2C)C(C#N)(C#N)C(c2ccc(Br)cc2F)O3)cc1. The molecule has 2 saturated heterocycles. The standard InChI is InChI=1S/C23H16BrFN4O2/c1-13-3-5-15(6-4-13)23-14(2)22(12-28,20(29)31-23)21(10-26,11-27)19(30-23)17-8-7-16(24)9-18(17)25/h3-9,14,19,29H,1-2H3. The molecule has 0 radical (unpaired) electrons. The van der Waals surface area contributed by atoms with Crippen molar-refractivity contribution in [3.05, 3.63) is 69.4 Å². The smallest absolute Gasteiger partial charge is 0.244 e.